The topological polar surface area (TPSA) is 65.1 Å². The maximum Gasteiger partial charge on any atom is 0.333 e. The van der Waals surface area contributed by atoms with Crippen LogP contribution in [0.15, 0.2) is 33.8 Å². The highest BCUT2D eigenvalue weighted by atomic mass is 79.9. The zero-order chi connectivity index (χ0) is 13.6. The third kappa shape index (κ3) is 2.25. The normalized spacial score (nSPS) is 27.9. The number of hydrogen-bond acceptors (Lipinski definition) is 3. The van der Waals surface area contributed by atoms with Crippen LogP contribution in [0.2, 0.25) is 0 Å². The van der Waals surface area contributed by atoms with Crippen LogP contribution in [0.4, 0.5) is 5.69 Å². The van der Waals surface area contributed by atoms with Crippen LogP contribution in [0.1, 0.15) is 12.8 Å². The number of allylic oxidation sites excluding steroid dienone is 2. The highest BCUT2D eigenvalue weighted by Gasteiger charge is 2.35. The lowest BCUT2D eigenvalue weighted by Crippen LogP contribution is -2.18. The summed E-state index contributed by atoms with van der Waals surface area (Å²) in [5.74, 6) is 1.78. The lowest BCUT2D eigenvalue weighted by molar-refractivity contribution is -0.386. The number of nitro groups is 1. The van der Waals surface area contributed by atoms with Crippen LogP contribution in [0.3, 0.4) is 0 Å². The highest BCUT2D eigenvalue weighted by Crippen LogP contribution is 2.44. The molecule has 0 saturated heterocycles. The summed E-state index contributed by atoms with van der Waals surface area (Å²) in [6.45, 7) is 0.727. The fourth-order valence-electron chi connectivity index (χ4n) is 3.19. The van der Waals surface area contributed by atoms with Crippen LogP contribution in [0, 0.1) is 27.9 Å². The van der Waals surface area contributed by atoms with Gasteiger partial charge in [-0.3, -0.25) is 14.9 Å². The van der Waals surface area contributed by atoms with Gasteiger partial charge in [-0.15, -0.1) is 0 Å². The number of nitrogens with zero attached hydrogens (tertiary/aromatic N) is 2. The molecule has 0 amide bonds. The molecule has 0 N–H and O–H groups in total. The highest BCUT2D eigenvalue weighted by molar-refractivity contribution is 9.10. The Kier molecular flexibility index (Phi) is 3.05. The first-order valence-corrected chi connectivity index (χ1v) is 7.06. The monoisotopic (exact) mass is 324 g/mol. The van der Waals surface area contributed by atoms with Gasteiger partial charge in [0.2, 0.25) is 0 Å². The van der Waals surface area contributed by atoms with Crippen LogP contribution in [-0.2, 0) is 6.54 Å². The van der Waals surface area contributed by atoms with Crippen LogP contribution in [0.25, 0.3) is 0 Å². The number of hydrogen-bond donors (Lipinski definition) is 0. The van der Waals surface area contributed by atoms with E-state index in [1.807, 2.05) is 0 Å². The fraction of sp³-hybridized carbons (Fsp3) is 0.462. The molecule has 1 aromatic rings. The van der Waals surface area contributed by atoms with Crippen LogP contribution in [-0.4, -0.2) is 9.49 Å². The summed E-state index contributed by atoms with van der Waals surface area (Å²) in [6, 6.07) is 0. The molecule has 2 aliphatic rings. The second kappa shape index (κ2) is 4.59. The molecule has 3 atom stereocenters. The van der Waals surface area contributed by atoms with Crippen LogP contribution < -0.4 is 5.43 Å². The second-order valence-electron chi connectivity index (χ2n) is 5.31. The van der Waals surface area contributed by atoms with Crippen LogP contribution in [0.5, 0.6) is 0 Å². The average Bonchev–Trinajstić information content (AvgIpc) is 2.95. The van der Waals surface area contributed by atoms with E-state index >= 15 is 0 Å². The summed E-state index contributed by atoms with van der Waals surface area (Å²) in [4.78, 5) is 21.8. The van der Waals surface area contributed by atoms with Crippen LogP contribution >= 0.6 is 15.9 Å². The molecule has 1 heterocycles. The molecule has 0 aromatic carbocycles. The molecule has 19 heavy (non-hydrogen) atoms. The first-order valence-electron chi connectivity index (χ1n) is 6.27. The molecule has 100 valence electrons. The standard InChI is InChI=1S/C13H13BrN2O3/c14-11-6-15(7-12(13(11)17)16(18)19)5-10-4-8-1-2-9(10)3-8/h1-2,6-10H,3-5H2/t8-,9+,10?/m0/s1. The Bertz CT molecular complexity index is 623. The lowest BCUT2D eigenvalue weighted by atomic mass is 9.93. The third-order valence-corrected chi connectivity index (χ3v) is 4.64. The SMILES string of the molecule is O=c1c(Br)cn(CC2C[C@H]3C=C[C@@H]2C3)cc1[N+](=O)[O-]. The molecular formula is C13H13BrN2O3. The first kappa shape index (κ1) is 12.6. The Hall–Kier alpha value is -1.43. The molecule has 1 aromatic heterocycles. The number of fused-ring (bicyclic) bond motifs is 2. The van der Waals surface area contributed by atoms with E-state index in [1.165, 1.54) is 12.6 Å². The maximum absolute atomic E-state index is 11.6. The second-order valence-corrected chi connectivity index (χ2v) is 6.17. The largest absolute Gasteiger partial charge is 0.347 e. The van der Waals surface area contributed by atoms with Gasteiger partial charge in [-0.2, -0.15) is 0 Å². The summed E-state index contributed by atoms with van der Waals surface area (Å²) in [5.41, 5.74) is -0.929. The van der Waals surface area contributed by atoms with Gasteiger partial charge >= 0.3 is 5.69 Å². The molecule has 0 spiro atoms. The summed E-state index contributed by atoms with van der Waals surface area (Å²) >= 11 is 3.10. The van der Waals surface area contributed by atoms with Gasteiger partial charge in [-0.25, -0.2) is 0 Å². The summed E-state index contributed by atoms with van der Waals surface area (Å²) in [7, 11) is 0. The van der Waals surface area contributed by atoms with Crippen molar-refractivity contribution in [3.8, 4) is 0 Å². The average molecular weight is 325 g/mol. The first-order chi connectivity index (χ1) is 9.04. The van der Waals surface area contributed by atoms with Gasteiger partial charge in [0, 0.05) is 12.7 Å². The predicted molar refractivity (Wildman–Crippen MR) is 73.9 cm³/mol. The summed E-state index contributed by atoms with van der Waals surface area (Å²) in [6.07, 6.45) is 9.86. The minimum atomic E-state index is -0.621. The van der Waals surface area contributed by atoms with E-state index < -0.39 is 10.4 Å². The van der Waals surface area contributed by atoms with Crippen molar-refractivity contribution in [1.29, 1.82) is 0 Å². The van der Waals surface area contributed by atoms with Crippen molar-refractivity contribution in [3.05, 3.63) is 49.4 Å². The van der Waals surface area contributed by atoms with Crippen molar-refractivity contribution in [3.63, 3.8) is 0 Å². The minimum Gasteiger partial charge on any atom is -0.347 e. The van der Waals surface area contributed by atoms with Gasteiger partial charge in [-0.05, 0) is 46.5 Å². The number of rotatable bonds is 3. The predicted octanol–water partition coefficient (Wildman–Crippen LogP) is 2.73. The van der Waals surface area contributed by atoms with E-state index in [0.29, 0.717) is 17.8 Å². The Balaban J connectivity index is 1.87. The Morgan fingerprint density at radius 1 is 1.37 bits per heavy atom. The van der Waals surface area contributed by atoms with Crippen molar-refractivity contribution in [1.82, 2.24) is 4.57 Å². The molecular weight excluding hydrogens is 312 g/mol. The van der Waals surface area contributed by atoms with E-state index in [-0.39, 0.29) is 10.2 Å². The van der Waals surface area contributed by atoms with Gasteiger partial charge in [0.1, 0.15) is 0 Å². The van der Waals surface area contributed by atoms with E-state index in [4.69, 9.17) is 0 Å². The Labute approximate surface area is 118 Å². The smallest absolute Gasteiger partial charge is 0.333 e. The van der Waals surface area contributed by atoms with E-state index in [0.717, 1.165) is 13.0 Å². The fourth-order valence-corrected chi connectivity index (χ4v) is 3.66. The molecule has 0 radical (unpaired) electrons. The molecule has 3 rings (SSSR count). The van der Waals surface area contributed by atoms with Gasteiger partial charge in [0.15, 0.2) is 0 Å². The third-order valence-electron chi connectivity index (χ3n) is 4.08. The zero-order valence-corrected chi connectivity index (χ0v) is 11.7. The maximum atomic E-state index is 11.6. The van der Waals surface area contributed by atoms with Crippen molar-refractivity contribution in [2.75, 3.05) is 0 Å². The van der Waals surface area contributed by atoms with Gasteiger partial charge in [0.05, 0.1) is 15.6 Å². The molecule has 2 bridgehead atoms. The van der Waals surface area contributed by atoms with Crippen molar-refractivity contribution >= 4 is 21.6 Å². The molecule has 2 aliphatic carbocycles. The number of pyridine rings is 1. The lowest BCUT2D eigenvalue weighted by Gasteiger charge is -2.19. The van der Waals surface area contributed by atoms with Crippen molar-refractivity contribution in [2.45, 2.75) is 19.4 Å². The van der Waals surface area contributed by atoms with Gasteiger partial charge < -0.3 is 4.57 Å². The molecule has 1 saturated carbocycles. The summed E-state index contributed by atoms with van der Waals surface area (Å²) < 4.78 is 2.02. The zero-order valence-electron chi connectivity index (χ0n) is 10.2. The number of halogens is 1. The van der Waals surface area contributed by atoms with E-state index in [2.05, 4.69) is 28.1 Å². The Morgan fingerprint density at radius 2 is 2.16 bits per heavy atom. The quantitative estimate of drug-likeness (QED) is 0.488. The molecule has 5 nitrogen and oxygen atoms in total. The van der Waals surface area contributed by atoms with E-state index in [9.17, 15) is 14.9 Å². The van der Waals surface area contributed by atoms with Gasteiger partial charge in [0.25, 0.3) is 5.43 Å². The minimum absolute atomic E-state index is 0.250. The van der Waals surface area contributed by atoms with Crippen molar-refractivity contribution in [2.24, 2.45) is 17.8 Å². The summed E-state index contributed by atoms with van der Waals surface area (Å²) in [5, 5.41) is 10.9. The molecule has 0 aliphatic heterocycles. The van der Waals surface area contributed by atoms with Gasteiger partial charge in [-0.1, -0.05) is 12.2 Å². The van der Waals surface area contributed by atoms with Crippen molar-refractivity contribution < 1.29 is 4.92 Å². The molecule has 1 fully saturated rings. The molecule has 1 unspecified atom stereocenters. The Morgan fingerprint density at radius 3 is 2.74 bits per heavy atom. The molecule has 6 heteroatoms. The number of aromatic nitrogens is 1. The van der Waals surface area contributed by atoms with E-state index in [1.54, 1.807) is 10.8 Å².